The molecule has 0 bridgehead atoms. The fraction of sp³-hybridized carbons (Fsp3) is 0.391. The number of benzene rings is 1. The summed E-state index contributed by atoms with van der Waals surface area (Å²) in [5, 5.41) is 1.27. The second-order valence-electron chi connectivity index (χ2n) is 7.61. The molecule has 1 saturated heterocycles. The maximum Gasteiger partial charge on any atom is 0.309 e. The number of nitrogens with one attached hydrogen (secondary N) is 2. The van der Waals surface area contributed by atoms with Crippen LogP contribution < -0.4 is 4.90 Å². The molecule has 0 spiro atoms. The molecule has 0 aliphatic carbocycles. The minimum absolute atomic E-state index is 0.0299. The van der Waals surface area contributed by atoms with Gasteiger partial charge in [0.1, 0.15) is 6.04 Å². The van der Waals surface area contributed by atoms with E-state index < -0.39 is 0 Å². The van der Waals surface area contributed by atoms with E-state index in [4.69, 9.17) is 4.74 Å². The number of hydrogen-bond donors (Lipinski definition) is 2. The number of carbonyl (C=O) groups is 1. The van der Waals surface area contributed by atoms with Crippen LogP contribution in [0.3, 0.4) is 0 Å². The lowest BCUT2D eigenvalue weighted by molar-refractivity contribution is -0.931. The van der Waals surface area contributed by atoms with Crippen molar-refractivity contribution in [1.29, 1.82) is 0 Å². The van der Waals surface area contributed by atoms with E-state index >= 15 is 0 Å². The van der Waals surface area contributed by atoms with E-state index in [9.17, 15) is 4.79 Å². The summed E-state index contributed by atoms with van der Waals surface area (Å²) in [6.45, 7) is 6.38. The highest BCUT2D eigenvalue weighted by atomic mass is 16.5. The number of piperidine rings is 1. The van der Waals surface area contributed by atoms with E-state index in [1.165, 1.54) is 32.6 Å². The van der Waals surface area contributed by atoms with Crippen LogP contribution in [0.4, 0.5) is 0 Å². The Balaban J connectivity index is 1.68. The molecule has 2 N–H and O–H groups in total. The topological polar surface area (TPSA) is 59.4 Å². The van der Waals surface area contributed by atoms with Crippen LogP contribution >= 0.6 is 0 Å². The summed E-state index contributed by atoms with van der Waals surface area (Å²) in [5.74, 6) is -0.00920. The highest BCUT2D eigenvalue weighted by Gasteiger charge is 2.36. The molecular weight excluding hydrogens is 350 g/mol. The zero-order chi connectivity index (χ0) is 19.5. The van der Waals surface area contributed by atoms with Gasteiger partial charge in [0.15, 0.2) is 0 Å². The van der Waals surface area contributed by atoms with Gasteiger partial charge in [-0.05, 0) is 32.0 Å². The van der Waals surface area contributed by atoms with Crippen LogP contribution in [-0.2, 0) is 9.53 Å². The molecule has 5 nitrogen and oxygen atoms in total. The quantitative estimate of drug-likeness (QED) is 0.671. The maximum atomic E-state index is 12.2. The molecule has 3 heterocycles. The Bertz CT molecular complexity index is 943. The van der Waals surface area contributed by atoms with Crippen molar-refractivity contribution < 1.29 is 14.4 Å². The molecule has 1 unspecified atom stereocenters. The number of aromatic nitrogens is 2. The van der Waals surface area contributed by atoms with Crippen molar-refractivity contribution in [3.05, 3.63) is 65.6 Å². The highest BCUT2D eigenvalue weighted by molar-refractivity contribution is 5.85. The number of ether oxygens (including phenoxy) is 1. The van der Waals surface area contributed by atoms with Gasteiger partial charge in [0.25, 0.3) is 0 Å². The van der Waals surface area contributed by atoms with Gasteiger partial charge in [-0.2, -0.15) is 0 Å². The average Bonchev–Trinajstić information content (AvgIpc) is 3.06. The Hall–Kier alpha value is -2.66. The molecule has 1 aliphatic heterocycles. The van der Waals surface area contributed by atoms with Crippen LogP contribution in [-0.4, -0.2) is 35.6 Å². The molecular formula is C23H28N3O2+. The summed E-state index contributed by atoms with van der Waals surface area (Å²) >= 11 is 0. The summed E-state index contributed by atoms with van der Waals surface area (Å²) in [5.41, 5.74) is 4.94. The number of rotatable bonds is 5. The van der Waals surface area contributed by atoms with Gasteiger partial charge in [-0.25, -0.2) is 0 Å². The Morgan fingerprint density at radius 1 is 1.25 bits per heavy atom. The average molecular weight is 378 g/mol. The summed E-state index contributed by atoms with van der Waals surface area (Å²) in [4.78, 5) is 21.6. The van der Waals surface area contributed by atoms with Crippen LogP contribution in [0.15, 0.2) is 48.8 Å². The van der Waals surface area contributed by atoms with E-state index in [-0.39, 0.29) is 17.9 Å². The van der Waals surface area contributed by atoms with Crippen LogP contribution in [0, 0.1) is 12.8 Å². The Kier molecular flexibility index (Phi) is 5.44. The number of nitrogens with zero attached hydrogens (tertiary/aromatic N) is 1. The second-order valence-corrected chi connectivity index (χ2v) is 7.61. The van der Waals surface area contributed by atoms with Gasteiger partial charge in [-0.15, -0.1) is 0 Å². The number of carbonyl (C=O) groups excluding carboxylic acids is 1. The number of pyridine rings is 1. The number of likely N-dealkylation sites (tertiary alicyclic amines) is 1. The van der Waals surface area contributed by atoms with Gasteiger partial charge in [0, 0.05) is 53.0 Å². The Morgan fingerprint density at radius 3 is 2.75 bits per heavy atom. The number of hydrogen-bond acceptors (Lipinski definition) is 3. The van der Waals surface area contributed by atoms with Crippen molar-refractivity contribution in [2.24, 2.45) is 5.92 Å². The lowest BCUT2D eigenvalue weighted by Crippen LogP contribution is -3.13. The van der Waals surface area contributed by atoms with Gasteiger partial charge < -0.3 is 14.6 Å². The van der Waals surface area contributed by atoms with Gasteiger partial charge in [-0.1, -0.05) is 18.2 Å². The third-order valence-electron chi connectivity index (χ3n) is 5.91. The molecule has 28 heavy (non-hydrogen) atoms. The third-order valence-corrected chi connectivity index (χ3v) is 5.91. The first kappa shape index (κ1) is 18.7. The van der Waals surface area contributed by atoms with E-state index in [1.807, 2.05) is 25.4 Å². The van der Waals surface area contributed by atoms with E-state index in [2.05, 4.69) is 47.2 Å². The monoisotopic (exact) mass is 378 g/mol. The standard InChI is InChI=1S/C23H27N3O2/c1-3-28-23(27)17-10-13-26(14-11-17)22(18-7-6-12-24-15-18)21-16(2)25-20-9-5-4-8-19(20)21/h4-9,12,15,17,22,25H,3,10-11,13-14H2,1-2H3/p+1. The van der Waals surface area contributed by atoms with E-state index in [1.54, 1.807) is 0 Å². The normalized spacial score (nSPS) is 20.8. The van der Waals surface area contributed by atoms with Crippen molar-refractivity contribution in [2.45, 2.75) is 32.7 Å². The SMILES string of the molecule is CCOC(=O)C1CC[NH+](C(c2cccnc2)c2c(C)[nH]c3ccccc23)CC1. The fourth-order valence-electron chi connectivity index (χ4n) is 4.60. The Labute approximate surface area is 165 Å². The number of esters is 1. The molecule has 0 radical (unpaired) electrons. The molecule has 0 saturated carbocycles. The number of H-pyrrole nitrogens is 1. The minimum atomic E-state index is -0.0391. The fourth-order valence-corrected chi connectivity index (χ4v) is 4.60. The molecule has 3 aromatic rings. The molecule has 1 atom stereocenters. The molecule has 1 fully saturated rings. The predicted molar refractivity (Wildman–Crippen MR) is 109 cm³/mol. The largest absolute Gasteiger partial charge is 0.466 e. The van der Waals surface area contributed by atoms with Gasteiger partial charge in [-0.3, -0.25) is 9.78 Å². The molecule has 0 amide bonds. The smallest absolute Gasteiger partial charge is 0.309 e. The lowest BCUT2D eigenvalue weighted by Gasteiger charge is -2.34. The zero-order valence-corrected chi connectivity index (χ0v) is 16.6. The first-order valence-corrected chi connectivity index (χ1v) is 10.2. The number of fused-ring (bicyclic) bond motifs is 1. The van der Waals surface area contributed by atoms with Crippen LogP contribution in [0.25, 0.3) is 10.9 Å². The Morgan fingerprint density at radius 2 is 2.04 bits per heavy atom. The van der Waals surface area contributed by atoms with Crippen molar-refractivity contribution >= 4 is 16.9 Å². The summed E-state index contributed by atoms with van der Waals surface area (Å²) in [6, 6.07) is 12.9. The number of aromatic amines is 1. The first-order chi connectivity index (χ1) is 13.7. The van der Waals surface area contributed by atoms with Gasteiger partial charge in [0.2, 0.25) is 0 Å². The lowest BCUT2D eigenvalue weighted by atomic mass is 9.90. The van der Waals surface area contributed by atoms with Crippen molar-refractivity contribution in [3.8, 4) is 0 Å². The molecule has 5 heteroatoms. The van der Waals surface area contributed by atoms with Crippen molar-refractivity contribution in [3.63, 3.8) is 0 Å². The first-order valence-electron chi connectivity index (χ1n) is 10.2. The number of para-hydroxylation sites is 1. The summed E-state index contributed by atoms with van der Waals surface area (Å²) in [7, 11) is 0. The summed E-state index contributed by atoms with van der Waals surface area (Å²) in [6.07, 6.45) is 5.54. The molecule has 146 valence electrons. The van der Waals surface area contributed by atoms with Crippen LogP contribution in [0.1, 0.15) is 42.6 Å². The van der Waals surface area contributed by atoms with Crippen LogP contribution in [0.5, 0.6) is 0 Å². The zero-order valence-electron chi connectivity index (χ0n) is 16.6. The van der Waals surface area contributed by atoms with Crippen molar-refractivity contribution in [2.75, 3.05) is 19.7 Å². The van der Waals surface area contributed by atoms with Crippen molar-refractivity contribution in [1.82, 2.24) is 9.97 Å². The predicted octanol–water partition coefficient (Wildman–Crippen LogP) is 2.82. The minimum Gasteiger partial charge on any atom is -0.466 e. The number of quaternary nitrogens is 1. The van der Waals surface area contributed by atoms with E-state index in [0.29, 0.717) is 6.61 Å². The highest BCUT2D eigenvalue weighted by Crippen LogP contribution is 2.30. The van der Waals surface area contributed by atoms with E-state index in [0.717, 1.165) is 25.9 Å². The summed E-state index contributed by atoms with van der Waals surface area (Å²) < 4.78 is 5.25. The molecule has 4 rings (SSSR count). The second kappa shape index (κ2) is 8.15. The maximum absolute atomic E-state index is 12.2. The van der Waals surface area contributed by atoms with Gasteiger partial charge in [0.05, 0.1) is 25.6 Å². The molecule has 2 aromatic heterocycles. The van der Waals surface area contributed by atoms with Crippen LogP contribution in [0.2, 0.25) is 0 Å². The third kappa shape index (κ3) is 3.54. The number of aryl methyl sites for hydroxylation is 1. The molecule has 1 aromatic carbocycles. The van der Waals surface area contributed by atoms with Gasteiger partial charge >= 0.3 is 5.97 Å². The molecule has 1 aliphatic rings.